The van der Waals surface area contributed by atoms with Crippen LogP contribution < -0.4 is 10.1 Å². The Morgan fingerprint density at radius 2 is 1.81 bits per heavy atom. The van der Waals surface area contributed by atoms with Gasteiger partial charge in [0.2, 0.25) is 5.91 Å². The molecule has 1 unspecified atom stereocenters. The number of fused-ring (bicyclic) bond motifs is 3. The minimum Gasteiger partial charge on any atom is -0.496 e. The lowest BCUT2D eigenvalue weighted by molar-refractivity contribution is -0.183. The number of rotatable bonds is 8. The maximum Gasteiger partial charge on any atom is 0.240 e. The smallest absolute Gasteiger partial charge is 0.240 e. The summed E-state index contributed by atoms with van der Waals surface area (Å²) in [5, 5.41) is 28.3. The first-order valence-electron chi connectivity index (χ1n) is 15.3. The number of ether oxygens (including phenoxy) is 1. The van der Waals surface area contributed by atoms with Gasteiger partial charge in [-0.3, -0.25) is 9.63 Å². The van der Waals surface area contributed by atoms with Gasteiger partial charge in [0.1, 0.15) is 17.9 Å². The molecule has 3 saturated carbocycles. The summed E-state index contributed by atoms with van der Waals surface area (Å²) < 4.78 is 6.00. The number of nitrogens with one attached hydrogen (secondary N) is 1. The van der Waals surface area contributed by atoms with Crippen molar-refractivity contribution in [3.05, 3.63) is 66.2 Å². The van der Waals surface area contributed by atoms with Crippen LogP contribution in [0.2, 0.25) is 0 Å². The van der Waals surface area contributed by atoms with Crippen molar-refractivity contribution >= 4 is 16.7 Å². The second-order valence-electron chi connectivity index (χ2n) is 13.3. The van der Waals surface area contributed by atoms with Crippen molar-refractivity contribution in [3.63, 3.8) is 0 Å². The molecule has 3 N–H and O–H groups in total. The fourth-order valence-corrected chi connectivity index (χ4v) is 8.27. The van der Waals surface area contributed by atoms with Crippen LogP contribution in [0.25, 0.3) is 21.9 Å². The molecule has 224 valence electrons. The van der Waals surface area contributed by atoms with Crippen LogP contribution in [0.1, 0.15) is 46.1 Å². The van der Waals surface area contributed by atoms with Crippen LogP contribution in [-0.2, 0) is 16.2 Å². The SMILES string of the molecule is COc1c(CN2O[C@@H](CO)[C@H]([C@H](C)O)[C@H]2C(=O)N[C@H]2C[C@H]3C[C@@H](C2C)C3(C)C)cccc1-c1cccc2ccccc12. The van der Waals surface area contributed by atoms with Crippen LogP contribution in [0.15, 0.2) is 60.7 Å². The van der Waals surface area contributed by atoms with Gasteiger partial charge in [-0.05, 0) is 59.3 Å². The van der Waals surface area contributed by atoms with Gasteiger partial charge in [0.05, 0.1) is 26.4 Å². The molecule has 7 heteroatoms. The van der Waals surface area contributed by atoms with E-state index in [2.05, 4.69) is 50.4 Å². The molecule has 1 amide bonds. The normalized spacial score (nSPS) is 31.0. The zero-order valence-corrected chi connectivity index (χ0v) is 25.3. The molecule has 0 spiro atoms. The molecule has 7 nitrogen and oxygen atoms in total. The van der Waals surface area contributed by atoms with E-state index in [1.165, 1.54) is 6.42 Å². The van der Waals surface area contributed by atoms with Crippen LogP contribution in [0.4, 0.5) is 0 Å². The summed E-state index contributed by atoms with van der Waals surface area (Å²) in [5.41, 5.74) is 3.19. The Bertz CT molecular complexity index is 1450. The third kappa shape index (κ3) is 4.80. The van der Waals surface area contributed by atoms with Gasteiger partial charge in [0.15, 0.2) is 0 Å². The number of methoxy groups -OCH3 is 1. The highest BCUT2D eigenvalue weighted by atomic mass is 16.7. The number of hydroxylamine groups is 2. The maximum absolute atomic E-state index is 14.1. The van der Waals surface area contributed by atoms with Crippen molar-refractivity contribution in [1.29, 1.82) is 0 Å². The first-order chi connectivity index (χ1) is 20.1. The molecule has 3 aliphatic carbocycles. The van der Waals surface area contributed by atoms with Crippen LogP contribution in [-0.4, -0.2) is 59.2 Å². The molecule has 2 bridgehead atoms. The number of hydrogen-bond donors (Lipinski definition) is 3. The Balaban J connectivity index is 1.31. The van der Waals surface area contributed by atoms with E-state index in [-0.39, 0.29) is 25.1 Å². The van der Waals surface area contributed by atoms with E-state index in [1.807, 2.05) is 36.4 Å². The van der Waals surface area contributed by atoms with Gasteiger partial charge >= 0.3 is 0 Å². The third-order valence-electron chi connectivity index (χ3n) is 10.8. The molecule has 42 heavy (non-hydrogen) atoms. The molecule has 1 saturated heterocycles. The van der Waals surface area contributed by atoms with Crippen molar-refractivity contribution in [3.8, 4) is 16.9 Å². The van der Waals surface area contributed by atoms with Gasteiger partial charge in [0.25, 0.3) is 0 Å². The van der Waals surface area contributed by atoms with E-state index < -0.39 is 24.2 Å². The van der Waals surface area contributed by atoms with E-state index in [4.69, 9.17) is 9.57 Å². The largest absolute Gasteiger partial charge is 0.496 e. The van der Waals surface area contributed by atoms with Crippen LogP contribution in [0.5, 0.6) is 5.75 Å². The zero-order valence-electron chi connectivity index (χ0n) is 25.3. The quantitative estimate of drug-likeness (QED) is 0.345. The average Bonchev–Trinajstić information content (AvgIpc) is 3.36. The fraction of sp³-hybridized carbons (Fsp3) is 0.514. The molecule has 4 fully saturated rings. The minimum atomic E-state index is -0.845. The Morgan fingerprint density at radius 3 is 2.50 bits per heavy atom. The van der Waals surface area contributed by atoms with E-state index in [0.717, 1.165) is 33.9 Å². The van der Waals surface area contributed by atoms with Crippen molar-refractivity contribution in [1.82, 2.24) is 10.4 Å². The van der Waals surface area contributed by atoms with E-state index in [1.54, 1.807) is 19.1 Å². The summed E-state index contributed by atoms with van der Waals surface area (Å²) in [7, 11) is 1.66. The molecular formula is C35H44N2O5. The Labute approximate surface area is 248 Å². The lowest BCUT2D eigenvalue weighted by Crippen LogP contribution is -2.62. The molecular weight excluding hydrogens is 528 g/mol. The van der Waals surface area contributed by atoms with Crippen LogP contribution >= 0.6 is 0 Å². The number of benzene rings is 3. The molecule has 0 aromatic heterocycles. The van der Waals surface area contributed by atoms with E-state index >= 15 is 0 Å². The molecule has 0 radical (unpaired) electrons. The maximum atomic E-state index is 14.1. The second kappa shape index (κ2) is 11.3. The summed E-state index contributed by atoms with van der Waals surface area (Å²) in [6.45, 7) is 8.59. The summed E-state index contributed by atoms with van der Waals surface area (Å²) in [6.07, 6.45) is 0.662. The topological polar surface area (TPSA) is 91.3 Å². The van der Waals surface area contributed by atoms with Crippen molar-refractivity contribution in [2.24, 2.45) is 29.1 Å². The van der Waals surface area contributed by atoms with Gasteiger partial charge in [-0.15, -0.1) is 0 Å². The van der Waals surface area contributed by atoms with Gasteiger partial charge in [-0.2, -0.15) is 5.06 Å². The Hall–Kier alpha value is -2.97. The third-order valence-corrected chi connectivity index (χ3v) is 10.8. The number of hydrogen-bond acceptors (Lipinski definition) is 6. The fourth-order valence-electron chi connectivity index (χ4n) is 8.27. The van der Waals surface area contributed by atoms with Crippen molar-refractivity contribution < 1.29 is 24.6 Å². The predicted molar refractivity (Wildman–Crippen MR) is 163 cm³/mol. The summed E-state index contributed by atoms with van der Waals surface area (Å²) in [4.78, 5) is 20.3. The number of para-hydroxylation sites is 1. The highest BCUT2D eigenvalue weighted by Crippen LogP contribution is 2.61. The highest BCUT2D eigenvalue weighted by molar-refractivity contribution is 5.98. The molecule has 1 aliphatic heterocycles. The monoisotopic (exact) mass is 572 g/mol. The lowest BCUT2D eigenvalue weighted by atomic mass is 9.45. The Morgan fingerprint density at radius 1 is 1.10 bits per heavy atom. The number of carbonyl (C=O) groups is 1. The number of nitrogens with zero attached hydrogens (tertiary/aromatic N) is 1. The lowest BCUT2D eigenvalue weighted by Gasteiger charge is -2.62. The molecule has 8 atom stereocenters. The molecule has 1 heterocycles. The van der Waals surface area contributed by atoms with Gasteiger partial charge in [0, 0.05) is 23.1 Å². The van der Waals surface area contributed by atoms with Gasteiger partial charge in [-0.1, -0.05) is 81.4 Å². The summed E-state index contributed by atoms with van der Waals surface area (Å²) in [5.74, 6) is 1.56. The second-order valence-corrected chi connectivity index (χ2v) is 13.3. The average molecular weight is 573 g/mol. The molecule has 7 rings (SSSR count). The standard InChI is InChI=1S/C35H44N2O5/c1-20-28-16-24(35(28,3)4)17-29(20)36-34(40)32-31(21(2)39)30(19-38)42-37(32)18-23-12-9-15-27(33(23)41-5)26-14-8-11-22-10-6-7-13-25(22)26/h6-15,20-21,24,28-32,38-39H,16-19H2,1-5H3,(H,36,40)/t20?,21-,24+,28-,29-,30-,31-,32-/m0/s1. The Kier molecular flexibility index (Phi) is 7.81. The minimum absolute atomic E-state index is 0.0863. The number of carbonyl (C=O) groups excluding carboxylic acids is 1. The van der Waals surface area contributed by atoms with Crippen LogP contribution in [0.3, 0.4) is 0 Å². The molecule has 4 aliphatic rings. The molecule has 3 aromatic carbocycles. The number of amides is 1. The van der Waals surface area contributed by atoms with E-state index in [9.17, 15) is 15.0 Å². The molecule has 3 aromatic rings. The van der Waals surface area contributed by atoms with Gasteiger partial charge in [-0.25, -0.2) is 0 Å². The number of aliphatic hydroxyl groups excluding tert-OH is 2. The van der Waals surface area contributed by atoms with E-state index in [0.29, 0.717) is 28.9 Å². The summed E-state index contributed by atoms with van der Waals surface area (Å²) in [6, 6.07) is 19.9. The zero-order chi connectivity index (χ0) is 29.8. The first kappa shape index (κ1) is 29.1. The van der Waals surface area contributed by atoms with Crippen molar-refractivity contribution in [2.45, 2.75) is 71.4 Å². The first-order valence-corrected chi connectivity index (χ1v) is 15.3. The van der Waals surface area contributed by atoms with Gasteiger partial charge < -0.3 is 20.3 Å². The van der Waals surface area contributed by atoms with Crippen LogP contribution in [0, 0.1) is 29.1 Å². The number of aliphatic hydroxyl groups is 2. The van der Waals surface area contributed by atoms with Crippen molar-refractivity contribution in [2.75, 3.05) is 13.7 Å². The summed E-state index contributed by atoms with van der Waals surface area (Å²) >= 11 is 0. The highest BCUT2D eigenvalue weighted by Gasteiger charge is 2.57. The predicted octanol–water partition coefficient (Wildman–Crippen LogP) is 5.18.